The van der Waals surface area contributed by atoms with Gasteiger partial charge < -0.3 is 5.73 Å². The van der Waals surface area contributed by atoms with E-state index < -0.39 is 0 Å². The number of nitrogens with zero attached hydrogens (tertiary/aromatic N) is 1. The van der Waals surface area contributed by atoms with Gasteiger partial charge in [-0.15, -0.1) is 0 Å². The zero-order valence-corrected chi connectivity index (χ0v) is 4.35. The molecule has 3 heteroatoms. The van der Waals surface area contributed by atoms with Crippen LogP contribution in [0.1, 0.15) is 6.42 Å². The van der Waals surface area contributed by atoms with Crippen molar-refractivity contribution in [2.45, 2.75) is 6.42 Å². The molecule has 0 radical (unpaired) electrons. The Labute approximate surface area is 43.4 Å². The number of nitrogens with two attached hydrogens (primary N) is 1. The van der Waals surface area contributed by atoms with Crippen molar-refractivity contribution in [3.8, 4) is 0 Å². The second-order valence-electron chi connectivity index (χ2n) is 1.71. The highest BCUT2D eigenvalue weighted by molar-refractivity contribution is 4.57. The van der Waals surface area contributed by atoms with Crippen LogP contribution < -0.4 is 11.2 Å². The summed E-state index contributed by atoms with van der Waals surface area (Å²) >= 11 is 0. The quantitative estimate of drug-likeness (QED) is 0.450. The zero-order valence-electron chi connectivity index (χ0n) is 4.35. The molecule has 42 valence electrons. The van der Waals surface area contributed by atoms with Gasteiger partial charge in [0, 0.05) is 13.1 Å². The number of hydrogen-bond donors (Lipinski definition) is 2. The molecule has 0 aromatic carbocycles. The molecule has 0 aliphatic carbocycles. The van der Waals surface area contributed by atoms with Crippen LogP contribution >= 0.6 is 0 Å². The minimum Gasteiger partial charge on any atom is -0.317 e. The molecule has 1 aliphatic rings. The van der Waals surface area contributed by atoms with E-state index in [4.69, 9.17) is 5.73 Å². The highest BCUT2D eigenvalue weighted by Gasteiger charge is 2.05. The van der Waals surface area contributed by atoms with Gasteiger partial charge in [-0.25, -0.2) is 5.01 Å². The van der Waals surface area contributed by atoms with E-state index in [1.54, 1.807) is 0 Å². The van der Waals surface area contributed by atoms with Crippen molar-refractivity contribution in [3.63, 3.8) is 0 Å². The number of nitrogens with one attached hydrogen (secondary N) is 1. The van der Waals surface area contributed by atoms with E-state index >= 15 is 0 Å². The van der Waals surface area contributed by atoms with E-state index in [1.807, 2.05) is 5.01 Å². The van der Waals surface area contributed by atoms with Crippen LogP contribution in [-0.4, -0.2) is 24.8 Å². The minimum absolute atomic E-state index is 0.639. The van der Waals surface area contributed by atoms with Gasteiger partial charge in [-0.1, -0.05) is 0 Å². The zero-order chi connectivity index (χ0) is 5.11. The summed E-state index contributed by atoms with van der Waals surface area (Å²) in [5, 5.41) is 2.01. The van der Waals surface area contributed by atoms with Gasteiger partial charge in [0.2, 0.25) is 0 Å². The van der Waals surface area contributed by atoms with Crippen LogP contribution in [0.3, 0.4) is 0 Å². The monoisotopic (exact) mass is 101 g/mol. The molecule has 0 unspecified atom stereocenters. The molecule has 1 aliphatic heterocycles. The van der Waals surface area contributed by atoms with Crippen LogP contribution in [0, 0.1) is 0 Å². The average molecular weight is 101 g/mol. The first kappa shape index (κ1) is 5.03. The molecular formula is C4H11N3. The predicted octanol–water partition coefficient (Wildman–Crippen LogP) is -0.887. The Bertz CT molecular complexity index is 48.9. The molecule has 0 aromatic rings. The molecule has 1 fully saturated rings. The van der Waals surface area contributed by atoms with Gasteiger partial charge >= 0.3 is 0 Å². The van der Waals surface area contributed by atoms with Crippen LogP contribution in [0.15, 0.2) is 0 Å². The van der Waals surface area contributed by atoms with Crippen molar-refractivity contribution in [3.05, 3.63) is 0 Å². The summed E-state index contributed by atoms with van der Waals surface area (Å²) in [7, 11) is 0. The summed E-state index contributed by atoms with van der Waals surface area (Å²) in [5.74, 6) is 0. The first-order valence-corrected chi connectivity index (χ1v) is 2.62. The molecular weight excluding hydrogens is 90.1 g/mol. The summed E-state index contributed by atoms with van der Waals surface area (Å²) < 4.78 is 0. The van der Waals surface area contributed by atoms with Gasteiger partial charge in [0.05, 0.1) is 6.67 Å². The fourth-order valence-corrected chi connectivity index (χ4v) is 0.742. The number of hydrogen-bond acceptors (Lipinski definition) is 3. The Morgan fingerprint density at radius 2 is 2.57 bits per heavy atom. The minimum atomic E-state index is 0.639. The third kappa shape index (κ3) is 1.12. The van der Waals surface area contributed by atoms with Crippen LogP contribution in [-0.2, 0) is 0 Å². The second-order valence-corrected chi connectivity index (χ2v) is 1.71. The predicted molar refractivity (Wildman–Crippen MR) is 28.4 cm³/mol. The highest BCUT2D eigenvalue weighted by Crippen LogP contribution is 1.90. The standard InChI is InChI=1S/C4H11N3/c5-4-7-3-1-2-6-7/h6H,1-5H2. The summed E-state index contributed by atoms with van der Waals surface area (Å²) in [6.07, 6.45) is 1.23. The lowest BCUT2D eigenvalue weighted by Gasteiger charge is -2.09. The molecule has 0 amide bonds. The molecule has 0 bridgehead atoms. The fourth-order valence-electron chi connectivity index (χ4n) is 0.742. The maximum Gasteiger partial charge on any atom is 0.0595 e. The molecule has 0 aromatic heterocycles. The van der Waals surface area contributed by atoms with Crippen LogP contribution in [0.2, 0.25) is 0 Å². The molecule has 3 N–H and O–H groups in total. The van der Waals surface area contributed by atoms with Gasteiger partial charge in [-0.3, -0.25) is 5.43 Å². The Kier molecular flexibility index (Phi) is 1.62. The Morgan fingerprint density at radius 3 is 2.86 bits per heavy atom. The molecule has 7 heavy (non-hydrogen) atoms. The van der Waals surface area contributed by atoms with E-state index in [2.05, 4.69) is 5.43 Å². The SMILES string of the molecule is NCN1CCCN1. The molecule has 0 atom stereocenters. The lowest BCUT2D eigenvalue weighted by molar-refractivity contribution is 0.261. The van der Waals surface area contributed by atoms with E-state index in [1.165, 1.54) is 6.42 Å². The maximum atomic E-state index is 5.30. The average Bonchev–Trinajstić information content (AvgIpc) is 2.14. The van der Waals surface area contributed by atoms with Crippen molar-refractivity contribution in [2.75, 3.05) is 19.8 Å². The summed E-state index contributed by atoms with van der Waals surface area (Å²) in [5.41, 5.74) is 8.41. The van der Waals surface area contributed by atoms with Gasteiger partial charge in [0.15, 0.2) is 0 Å². The van der Waals surface area contributed by atoms with Gasteiger partial charge in [-0.05, 0) is 6.42 Å². The highest BCUT2D eigenvalue weighted by atomic mass is 15.5. The van der Waals surface area contributed by atoms with Crippen molar-refractivity contribution in [1.82, 2.24) is 10.4 Å². The topological polar surface area (TPSA) is 41.3 Å². The van der Waals surface area contributed by atoms with Gasteiger partial charge in [0.1, 0.15) is 0 Å². The molecule has 0 saturated carbocycles. The maximum absolute atomic E-state index is 5.30. The third-order valence-electron chi connectivity index (χ3n) is 1.16. The Balaban J connectivity index is 2.14. The third-order valence-corrected chi connectivity index (χ3v) is 1.16. The van der Waals surface area contributed by atoms with E-state index in [0.717, 1.165) is 13.1 Å². The summed E-state index contributed by atoms with van der Waals surface area (Å²) in [6, 6.07) is 0. The van der Waals surface area contributed by atoms with Crippen molar-refractivity contribution >= 4 is 0 Å². The lowest BCUT2D eigenvalue weighted by Crippen LogP contribution is -2.35. The second kappa shape index (κ2) is 2.26. The smallest absolute Gasteiger partial charge is 0.0595 e. The van der Waals surface area contributed by atoms with Crippen molar-refractivity contribution < 1.29 is 0 Å². The van der Waals surface area contributed by atoms with Crippen LogP contribution in [0.4, 0.5) is 0 Å². The van der Waals surface area contributed by atoms with Crippen LogP contribution in [0.25, 0.3) is 0 Å². The first-order chi connectivity index (χ1) is 3.43. The van der Waals surface area contributed by atoms with Crippen molar-refractivity contribution in [2.24, 2.45) is 5.73 Å². The molecule has 1 rings (SSSR count). The van der Waals surface area contributed by atoms with Gasteiger partial charge in [0.25, 0.3) is 0 Å². The summed E-state index contributed by atoms with van der Waals surface area (Å²) in [4.78, 5) is 0. The largest absolute Gasteiger partial charge is 0.317 e. The fraction of sp³-hybridized carbons (Fsp3) is 1.00. The Hall–Kier alpha value is -0.120. The lowest BCUT2D eigenvalue weighted by atomic mass is 10.5. The molecule has 1 heterocycles. The van der Waals surface area contributed by atoms with Crippen molar-refractivity contribution in [1.29, 1.82) is 0 Å². The number of rotatable bonds is 1. The summed E-state index contributed by atoms with van der Waals surface area (Å²) in [6.45, 7) is 2.84. The number of hydrazine groups is 1. The molecule has 3 nitrogen and oxygen atoms in total. The molecule has 1 saturated heterocycles. The Morgan fingerprint density at radius 1 is 1.71 bits per heavy atom. The van der Waals surface area contributed by atoms with Gasteiger partial charge in [-0.2, -0.15) is 0 Å². The first-order valence-electron chi connectivity index (χ1n) is 2.62. The van der Waals surface area contributed by atoms with E-state index in [-0.39, 0.29) is 0 Å². The van der Waals surface area contributed by atoms with E-state index in [9.17, 15) is 0 Å². The molecule has 0 spiro atoms. The van der Waals surface area contributed by atoms with Crippen LogP contribution in [0.5, 0.6) is 0 Å². The normalized spacial score (nSPS) is 23.6. The van der Waals surface area contributed by atoms with E-state index in [0.29, 0.717) is 6.67 Å².